The molecule has 1 atom stereocenters. The zero-order valence-corrected chi connectivity index (χ0v) is 16.7. The van der Waals surface area contributed by atoms with Crippen molar-refractivity contribution in [1.29, 1.82) is 5.26 Å². The first-order chi connectivity index (χ1) is 14.1. The molecule has 148 valence electrons. The number of methoxy groups -OCH3 is 1. The molecule has 3 rings (SSSR count). The predicted molar refractivity (Wildman–Crippen MR) is 111 cm³/mol. The number of nitrogens with zero attached hydrogens (tertiary/aromatic N) is 1. The van der Waals surface area contributed by atoms with Crippen molar-refractivity contribution < 1.29 is 19.1 Å². The summed E-state index contributed by atoms with van der Waals surface area (Å²) in [5.74, 6) is 0.573. The molecular formula is C22H20N2O4S. The van der Waals surface area contributed by atoms with E-state index in [2.05, 4.69) is 11.4 Å². The van der Waals surface area contributed by atoms with Gasteiger partial charge in [-0.2, -0.15) is 5.26 Å². The van der Waals surface area contributed by atoms with E-state index in [4.69, 9.17) is 9.47 Å². The summed E-state index contributed by atoms with van der Waals surface area (Å²) < 4.78 is 10.8. The van der Waals surface area contributed by atoms with Crippen molar-refractivity contribution >= 4 is 23.5 Å². The van der Waals surface area contributed by atoms with Crippen LogP contribution < -0.4 is 14.8 Å². The Labute approximate surface area is 173 Å². The summed E-state index contributed by atoms with van der Waals surface area (Å²) in [7, 11) is 1.55. The average molecular weight is 408 g/mol. The molecule has 0 saturated carbocycles. The minimum Gasteiger partial charge on any atom is -0.496 e. The molecule has 1 heterocycles. The van der Waals surface area contributed by atoms with Crippen LogP contribution in [-0.2, 0) is 9.59 Å². The molecular weight excluding hydrogens is 388 g/mol. The van der Waals surface area contributed by atoms with Gasteiger partial charge in [-0.15, -0.1) is 0 Å². The van der Waals surface area contributed by atoms with Crippen LogP contribution in [0, 0.1) is 11.3 Å². The second-order valence-corrected chi connectivity index (χ2v) is 7.32. The quantitative estimate of drug-likeness (QED) is 0.720. The van der Waals surface area contributed by atoms with Gasteiger partial charge in [0.1, 0.15) is 18.1 Å². The number of allylic oxidation sites excluding steroid dienone is 1. The molecule has 29 heavy (non-hydrogen) atoms. The van der Waals surface area contributed by atoms with Crippen LogP contribution in [0.4, 0.5) is 0 Å². The maximum Gasteiger partial charge on any atom is 0.225 e. The minimum absolute atomic E-state index is 0.0733. The standard InChI is InChI=1S/C22H20N2O4S/c1-27-20-10-6-5-9-17(20)18-11-21(26)24-22(19(18)12-23)29-14-15(25)13-28-16-7-3-2-4-8-16/h2-10,18H,11,13-14H2,1H3,(H,24,26). The second-order valence-electron chi connectivity index (χ2n) is 6.33. The number of benzene rings is 2. The van der Waals surface area contributed by atoms with Crippen LogP contribution in [0.5, 0.6) is 11.5 Å². The molecule has 1 N–H and O–H groups in total. The molecule has 1 amide bonds. The molecule has 0 bridgehead atoms. The first-order valence-corrected chi connectivity index (χ1v) is 10.00. The number of carbonyl (C=O) groups excluding carboxylic acids is 2. The molecule has 0 aromatic heterocycles. The van der Waals surface area contributed by atoms with Crippen LogP contribution in [0.25, 0.3) is 0 Å². The van der Waals surface area contributed by atoms with E-state index < -0.39 is 5.92 Å². The fourth-order valence-corrected chi connectivity index (χ4v) is 3.95. The van der Waals surface area contributed by atoms with E-state index in [1.54, 1.807) is 25.3 Å². The molecule has 7 heteroatoms. The van der Waals surface area contributed by atoms with Crippen LogP contribution in [-0.4, -0.2) is 31.2 Å². The smallest absolute Gasteiger partial charge is 0.225 e. The Hall–Kier alpha value is -3.24. The Morgan fingerprint density at radius 3 is 2.66 bits per heavy atom. The summed E-state index contributed by atoms with van der Waals surface area (Å²) in [5, 5.41) is 12.9. The Morgan fingerprint density at radius 2 is 1.93 bits per heavy atom. The molecule has 1 unspecified atom stereocenters. The molecule has 0 spiro atoms. The SMILES string of the molecule is COc1ccccc1C1CC(=O)NC(SCC(=O)COc2ccccc2)=C1C#N. The Balaban J connectivity index is 1.72. The molecule has 2 aromatic carbocycles. The van der Waals surface area contributed by atoms with Gasteiger partial charge < -0.3 is 14.8 Å². The number of ketones is 1. The Bertz CT molecular complexity index is 966. The lowest BCUT2D eigenvalue weighted by Crippen LogP contribution is -2.31. The molecule has 6 nitrogen and oxygen atoms in total. The summed E-state index contributed by atoms with van der Waals surface area (Å²) in [5.41, 5.74) is 1.20. The Morgan fingerprint density at radius 1 is 1.21 bits per heavy atom. The highest BCUT2D eigenvalue weighted by Crippen LogP contribution is 2.39. The summed E-state index contributed by atoms with van der Waals surface area (Å²) in [6, 6.07) is 18.6. The molecule has 0 aliphatic carbocycles. The van der Waals surface area contributed by atoms with Gasteiger partial charge >= 0.3 is 0 Å². The predicted octanol–water partition coefficient (Wildman–Crippen LogP) is 3.42. The zero-order valence-electron chi connectivity index (χ0n) is 15.9. The third kappa shape index (κ3) is 5.18. The van der Waals surface area contributed by atoms with E-state index in [9.17, 15) is 14.9 Å². The third-order valence-corrected chi connectivity index (χ3v) is 5.47. The average Bonchev–Trinajstić information content (AvgIpc) is 2.76. The van der Waals surface area contributed by atoms with Crippen LogP contribution in [0.2, 0.25) is 0 Å². The highest BCUT2D eigenvalue weighted by molar-refractivity contribution is 8.03. The van der Waals surface area contributed by atoms with Gasteiger partial charge in [0.05, 0.1) is 29.5 Å². The van der Waals surface area contributed by atoms with E-state index >= 15 is 0 Å². The molecule has 0 radical (unpaired) electrons. The highest BCUT2D eigenvalue weighted by Gasteiger charge is 2.31. The first-order valence-electron chi connectivity index (χ1n) is 9.01. The molecule has 0 saturated heterocycles. The fourth-order valence-electron chi connectivity index (χ4n) is 3.03. The van der Waals surface area contributed by atoms with Gasteiger partial charge in [0.15, 0.2) is 5.78 Å². The third-order valence-electron chi connectivity index (χ3n) is 4.39. The summed E-state index contributed by atoms with van der Waals surface area (Å²) in [6.45, 7) is -0.0733. The van der Waals surface area contributed by atoms with E-state index in [0.29, 0.717) is 22.1 Å². The van der Waals surface area contributed by atoms with Gasteiger partial charge in [0.25, 0.3) is 0 Å². The van der Waals surface area contributed by atoms with E-state index in [0.717, 1.165) is 17.3 Å². The number of nitrogens with one attached hydrogen (secondary N) is 1. The number of para-hydroxylation sites is 2. The van der Waals surface area contributed by atoms with E-state index in [-0.39, 0.29) is 30.5 Å². The number of ether oxygens (including phenoxy) is 2. The van der Waals surface area contributed by atoms with Crippen molar-refractivity contribution in [3.05, 3.63) is 70.8 Å². The number of hydrogen-bond acceptors (Lipinski definition) is 6. The summed E-state index contributed by atoms with van der Waals surface area (Å²) >= 11 is 1.14. The van der Waals surface area contributed by atoms with Crippen molar-refractivity contribution in [2.24, 2.45) is 0 Å². The normalized spacial score (nSPS) is 16.0. The van der Waals surface area contributed by atoms with Crippen LogP contribution in [0.3, 0.4) is 0 Å². The number of Topliss-reactive ketones (excluding diaryl/α,β-unsaturated/α-hetero) is 1. The van der Waals surface area contributed by atoms with Gasteiger partial charge in [-0.05, 0) is 18.2 Å². The van der Waals surface area contributed by atoms with Gasteiger partial charge in [0, 0.05) is 17.9 Å². The van der Waals surface area contributed by atoms with E-state index in [1.165, 1.54) is 0 Å². The van der Waals surface area contributed by atoms with E-state index in [1.807, 2.05) is 36.4 Å². The van der Waals surface area contributed by atoms with Crippen LogP contribution in [0.15, 0.2) is 65.2 Å². The van der Waals surface area contributed by atoms with Gasteiger partial charge in [-0.1, -0.05) is 48.2 Å². The molecule has 1 aliphatic rings. The van der Waals surface area contributed by atoms with Crippen molar-refractivity contribution in [2.75, 3.05) is 19.5 Å². The number of nitriles is 1. The number of amides is 1. The maximum atomic E-state index is 12.3. The zero-order chi connectivity index (χ0) is 20.6. The molecule has 2 aromatic rings. The second kappa shape index (κ2) is 9.80. The lowest BCUT2D eigenvalue weighted by molar-refractivity contribution is -0.121. The lowest BCUT2D eigenvalue weighted by atomic mass is 9.86. The lowest BCUT2D eigenvalue weighted by Gasteiger charge is -2.26. The van der Waals surface area contributed by atoms with Gasteiger partial charge in [-0.25, -0.2) is 0 Å². The molecule has 0 fully saturated rings. The van der Waals surface area contributed by atoms with Crippen molar-refractivity contribution in [2.45, 2.75) is 12.3 Å². The van der Waals surface area contributed by atoms with Crippen molar-refractivity contribution in [3.8, 4) is 17.6 Å². The van der Waals surface area contributed by atoms with Gasteiger partial charge in [0.2, 0.25) is 5.91 Å². The minimum atomic E-state index is -0.414. The highest BCUT2D eigenvalue weighted by atomic mass is 32.2. The molecule has 1 aliphatic heterocycles. The van der Waals surface area contributed by atoms with Crippen molar-refractivity contribution in [3.63, 3.8) is 0 Å². The van der Waals surface area contributed by atoms with Crippen LogP contribution in [0.1, 0.15) is 17.9 Å². The summed E-state index contributed by atoms with van der Waals surface area (Å²) in [6.07, 6.45) is 0.151. The first kappa shape index (κ1) is 20.5. The monoisotopic (exact) mass is 408 g/mol. The number of rotatable bonds is 8. The Kier molecular flexibility index (Phi) is 6.93. The van der Waals surface area contributed by atoms with Crippen molar-refractivity contribution in [1.82, 2.24) is 5.32 Å². The summed E-state index contributed by atoms with van der Waals surface area (Å²) in [4.78, 5) is 24.5. The number of hydrogen-bond donors (Lipinski definition) is 1. The van der Waals surface area contributed by atoms with Gasteiger partial charge in [-0.3, -0.25) is 9.59 Å². The number of thioether (sulfide) groups is 1. The number of carbonyl (C=O) groups is 2. The van der Waals surface area contributed by atoms with Crippen LogP contribution >= 0.6 is 11.8 Å². The maximum absolute atomic E-state index is 12.3. The topological polar surface area (TPSA) is 88.4 Å². The largest absolute Gasteiger partial charge is 0.496 e. The fraction of sp³-hybridized carbons (Fsp3) is 0.227.